The van der Waals surface area contributed by atoms with E-state index in [0.29, 0.717) is 16.6 Å². The molecule has 5 nitrogen and oxygen atoms in total. The molecule has 26 heavy (non-hydrogen) atoms. The number of fused-ring (bicyclic) bond motifs is 3. The molecule has 0 amide bonds. The van der Waals surface area contributed by atoms with Gasteiger partial charge in [0.05, 0.1) is 5.75 Å². The zero-order valence-electron chi connectivity index (χ0n) is 14.4. The Labute approximate surface area is 155 Å². The van der Waals surface area contributed by atoms with E-state index in [-0.39, 0.29) is 5.78 Å². The van der Waals surface area contributed by atoms with Gasteiger partial charge in [0.1, 0.15) is 5.52 Å². The average Bonchev–Trinajstić information content (AvgIpc) is 3.04. The summed E-state index contributed by atoms with van der Waals surface area (Å²) < 4.78 is 0. The molecule has 4 aromatic rings. The van der Waals surface area contributed by atoms with Crippen molar-refractivity contribution < 1.29 is 4.79 Å². The van der Waals surface area contributed by atoms with Gasteiger partial charge in [0.15, 0.2) is 11.4 Å². The number of nitrogens with one attached hydrogen (secondary N) is 1. The van der Waals surface area contributed by atoms with E-state index < -0.39 is 0 Å². The van der Waals surface area contributed by atoms with Gasteiger partial charge < -0.3 is 4.98 Å². The molecule has 0 unspecified atom stereocenters. The minimum atomic E-state index is 0.0680. The number of para-hydroxylation sites is 1. The van der Waals surface area contributed by atoms with Gasteiger partial charge in [-0.3, -0.25) is 4.79 Å². The number of aromatic amines is 1. The van der Waals surface area contributed by atoms with E-state index in [4.69, 9.17) is 0 Å². The first kappa shape index (κ1) is 16.7. The van der Waals surface area contributed by atoms with Gasteiger partial charge in [-0.25, -0.2) is 4.98 Å². The average molecular weight is 362 g/mol. The molecule has 2 heterocycles. The predicted octanol–water partition coefficient (Wildman–Crippen LogP) is 4.43. The van der Waals surface area contributed by atoms with Crippen LogP contribution in [0, 0.1) is 0 Å². The Morgan fingerprint density at radius 1 is 1.08 bits per heavy atom. The van der Waals surface area contributed by atoms with Crippen LogP contribution >= 0.6 is 11.8 Å². The van der Waals surface area contributed by atoms with E-state index in [1.807, 2.05) is 48.5 Å². The fraction of sp³-hybridized carbons (Fsp3) is 0.200. The topological polar surface area (TPSA) is 71.5 Å². The largest absolute Gasteiger partial charge is 0.338 e. The third-order valence-corrected chi connectivity index (χ3v) is 5.09. The van der Waals surface area contributed by atoms with Gasteiger partial charge in [-0.15, -0.1) is 10.2 Å². The normalized spacial score (nSPS) is 11.3. The lowest BCUT2D eigenvalue weighted by molar-refractivity contribution is 0.102. The van der Waals surface area contributed by atoms with E-state index >= 15 is 0 Å². The highest BCUT2D eigenvalue weighted by atomic mass is 32.2. The first-order valence-corrected chi connectivity index (χ1v) is 9.59. The third-order valence-electron chi connectivity index (χ3n) is 4.25. The summed E-state index contributed by atoms with van der Waals surface area (Å²) in [5, 5.41) is 9.94. The van der Waals surface area contributed by atoms with Crippen molar-refractivity contribution in [3.05, 3.63) is 59.7 Å². The summed E-state index contributed by atoms with van der Waals surface area (Å²) in [6, 6.07) is 15.7. The monoisotopic (exact) mass is 362 g/mol. The van der Waals surface area contributed by atoms with Crippen molar-refractivity contribution in [2.45, 2.75) is 24.9 Å². The quantitative estimate of drug-likeness (QED) is 0.406. The number of ketones is 1. The number of Topliss-reactive ketones (excluding diaryl/α,β-unsaturated/α-hetero) is 1. The van der Waals surface area contributed by atoms with Crippen LogP contribution in [0.1, 0.15) is 29.3 Å². The molecule has 2 aromatic carbocycles. The summed E-state index contributed by atoms with van der Waals surface area (Å²) in [5.74, 6) is 0.360. The van der Waals surface area contributed by atoms with Gasteiger partial charge in [-0.05, 0) is 18.1 Å². The molecule has 1 N–H and O–H groups in total. The minimum Gasteiger partial charge on any atom is -0.338 e. The molecule has 0 radical (unpaired) electrons. The van der Waals surface area contributed by atoms with Gasteiger partial charge in [-0.2, -0.15) is 0 Å². The Hall–Kier alpha value is -2.73. The van der Waals surface area contributed by atoms with Crippen LogP contribution in [0.4, 0.5) is 0 Å². The lowest BCUT2D eigenvalue weighted by atomic mass is 10.1. The van der Waals surface area contributed by atoms with E-state index in [1.54, 1.807) is 0 Å². The molecule has 0 atom stereocenters. The predicted molar refractivity (Wildman–Crippen MR) is 105 cm³/mol. The van der Waals surface area contributed by atoms with Gasteiger partial charge in [0, 0.05) is 16.5 Å². The summed E-state index contributed by atoms with van der Waals surface area (Å²) in [5.41, 5.74) is 4.41. The standard InChI is InChI=1S/C20H18N4OS/c1-2-5-13-8-10-14(11-9-13)17(25)12-26-20-22-19-18(23-24-20)15-6-3-4-7-16(15)21-19/h3-4,6-11H,2,5,12H2,1H3,(H,21,22,24). The highest BCUT2D eigenvalue weighted by Crippen LogP contribution is 2.23. The highest BCUT2D eigenvalue weighted by molar-refractivity contribution is 7.99. The number of rotatable bonds is 6. The number of carbonyl (C=O) groups excluding carboxylic acids is 1. The fourth-order valence-corrected chi connectivity index (χ4v) is 3.61. The third kappa shape index (κ3) is 3.32. The van der Waals surface area contributed by atoms with Crippen LogP contribution in [0.15, 0.2) is 53.7 Å². The highest BCUT2D eigenvalue weighted by Gasteiger charge is 2.11. The van der Waals surface area contributed by atoms with Gasteiger partial charge in [0.2, 0.25) is 5.16 Å². The fourth-order valence-electron chi connectivity index (χ4n) is 2.93. The Balaban J connectivity index is 1.48. The Kier molecular flexibility index (Phi) is 4.67. The second-order valence-electron chi connectivity index (χ2n) is 6.12. The summed E-state index contributed by atoms with van der Waals surface area (Å²) in [4.78, 5) is 20.1. The lowest BCUT2D eigenvalue weighted by Crippen LogP contribution is -2.03. The molecular formula is C20H18N4OS. The van der Waals surface area contributed by atoms with Crippen LogP contribution in [0.25, 0.3) is 22.1 Å². The number of aromatic nitrogens is 4. The minimum absolute atomic E-state index is 0.0680. The number of carbonyl (C=O) groups is 1. The molecular weight excluding hydrogens is 344 g/mol. The molecule has 0 spiro atoms. The Bertz CT molecular complexity index is 1070. The molecule has 0 aliphatic heterocycles. The summed E-state index contributed by atoms with van der Waals surface area (Å²) in [7, 11) is 0. The molecule has 0 fully saturated rings. The number of hydrogen-bond donors (Lipinski definition) is 1. The van der Waals surface area contributed by atoms with Crippen molar-refractivity contribution in [3.63, 3.8) is 0 Å². The van der Waals surface area contributed by atoms with E-state index in [2.05, 4.69) is 27.1 Å². The smallest absolute Gasteiger partial charge is 0.211 e. The van der Waals surface area contributed by atoms with E-state index in [0.717, 1.165) is 34.8 Å². The molecule has 0 bridgehead atoms. The van der Waals surface area contributed by atoms with Crippen LogP contribution in [-0.4, -0.2) is 31.7 Å². The van der Waals surface area contributed by atoms with Crippen molar-refractivity contribution >= 4 is 39.6 Å². The Morgan fingerprint density at radius 2 is 1.88 bits per heavy atom. The van der Waals surface area contributed by atoms with Crippen molar-refractivity contribution in [1.29, 1.82) is 0 Å². The van der Waals surface area contributed by atoms with Crippen molar-refractivity contribution in [2.24, 2.45) is 0 Å². The van der Waals surface area contributed by atoms with Gasteiger partial charge >= 0.3 is 0 Å². The zero-order valence-corrected chi connectivity index (χ0v) is 15.2. The molecule has 2 aromatic heterocycles. The van der Waals surface area contributed by atoms with Gasteiger partial charge in [-0.1, -0.05) is 67.6 Å². The lowest BCUT2D eigenvalue weighted by Gasteiger charge is -2.02. The maximum atomic E-state index is 12.4. The van der Waals surface area contributed by atoms with Gasteiger partial charge in [0.25, 0.3) is 0 Å². The summed E-state index contributed by atoms with van der Waals surface area (Å²) >= 11 is 1.31. The summed E-state index contributed by atoms with van der Waals surface area (Å²) in [6.07, 6.45) is 2.14. The molecule has 6 heteroatoms. The molecule has 0 saturated heterocycles. The molecule has 0 saturated carbocycles. The van der Waals surface area contributed by atoms with Crippen LogP contribution in [0.3, 0.4) is 0 Å². The zero-order chi connectivity index (χ0) is 17.9. The SMILES string of the molecule is CCCc1ccc(C(=O)CSc2nnc3c(n2)[nH]c2ccccc23)cc1. The van der Waals surface area contributed by atoms with E-state index in [9.17, 15) is 4.79 Å². The molecule has 4 rings (SSSR count). The van der Waals surface area contributed by atoms with Crippen molar-refractivity contribution in [3.8, 4) is 0 Å². The number of nitrogens with zero attached hydrogens (tertiary/aromatic N) is 3. The van der Waals surface area contributed by atoms with Crippen LogP contribution in [0.2, 0.25) is 0 Å². The number of benzene rings is 2. The van der Waals surface area contributed by atoms with Crippen LogP contribution < -0.4 is 0 Å². The first-order chi connectivity index (χ1) is 12.7. The number of hydrogen-bond acceptors (Lipinski definition) is 5. The first-order valence-electron chi connectivity index (χ1n) is 8.60. The summed E-state index contributed by atoms with van der Waals surface area (Å²) in [6.45, 7) is 2.15. The maximum Gasteiger partial charge on any atom is 0.211 e. The Morgan fingerprint density at radius 3 is 2.69 bits per heavy atom. The van der Waals surface area contributed by atoms with Crippen LogP contribution in [0.5, 0.6) is 0 Å². The number of thioether (sulfide) groups is 1. The maximum absolute atomic E-state index is 12.4. The van der Waals surface area contributed by atoms with Crippen LogP contribution in [-0.2, 0) is 6.42 Å². The number of H-pyrrole nitrogens is 1. The molecule has 130 valence electrons. The molecule has 0 aliphatic carbocycles. The molecule has 0 aliphatic rings. The van der Waals surface area contributed by atoms with E-state index in [1.165, 1.54) is 17.3 Å². The second kappa shape index (κ2) is 7.25. The van der Waals surface area contributed by atoms with Crippen molar-refractivity contribution in [2.75, 3.05) is 5.75 Å². The second-order valence-corrected chi connectivity index (χ2v) is 7.06. The van der Waals surface area contributed by atoms with Crippen molar-refractivity contribution in [1.82, 2.24) is 20.2 Å². The number of aryl methyl sites for hydroxylation is 1.